The molecule has 1 aliphatic rings. The maximum Gasteiger partial charge on any atom is 0.264 e. The van der Waals surface area contributed by atoms with E-state index in [9.17, 15) is 9.59 Å². The zero-order valence-corrected chi connectivity index (χ0v) is 13.1. The van der Waals surface area contributed by atoms with Crippen molar-refractivity contribution in [3.63, 3.8) is 0 Å². The zero-order chi connectivity index (χ0) is 12.6. The Kier molecular flexibility index (Phi) is 3.89. The Morgan fingerprint density at radius 2 is 2.12 bits per heavy atom. The molecule has 2 rings (SSSR count). The largest absolute Gasteiger partial charge is 0.342 e. The molecule has 0 radical (unpaired) electrons. The third-order valence-electron chi connectivity index (χ3n) is 2.60. The average molecular weight is 382 g/mol. The number of nitrogens with zero attached hydrogens (tertiary/aromatic N) is 2. The summed E-state index contributed by atoms with van der Waals surface area (Å²) >= 11 is 8.07. The SMILES string of the molecule is CN1CCN(C(=O)c2cc(Br)c(Br)s2)CC1=O. The molecule has 1 aromatic heterocycles. The Morgan fingerprint density at radius 3 is 2.65 bits per heavy atom. The first-order valence-electron chi connectivity index (χ1n) is 4.97. The van der Waals surface area contributed by atoms with Gasteiger partial charge in [-0.05, 0) is 37.9 Å². The summed E-state index contributed by atoms with van der Waals surface area (Å²) in [4.78, 5) is 27.5. The molecule has 2 heterocycles. The number of likely N-dealkylation sites (N-methyl/N-ethyl adjacent to an activating group) is 1. The number of carbonyl (C=O) groups excluding carboxylic acids is 2. The van der Waals surface area contributed by atoms with Gasteiger partial charge in [0.25, 0.3) is 5.91 Å². The van der Waals surface area contributed by atoms with E-state index >= 15 is 0 Å². The van der Waals surface area contributed by atoms with Crippen LogP contribution >= 0.6 is 43.2 Å². The summed E-state index contributed by atoms with van der Waals surface area (Å²) in [7, 11) is 1.75. The summed E-state index contributed by atoms with van der Waals surface area (Å²) in [5, 5.41) is 0. The van der Waals surface area contributed by atoms with Crippen LogP contribution in [0.1, 0.15) is 9.67 Å². The van der Waals surface area contributed by atoms with Crippen LogP contribution in [0.5, 0.6) is 0 Å². The quantitative estimate of drug-likeness (QED) is 0.748. The maximum atomic E-state index is 12.1. The van der Waals surface area contributed by atoms with E-state index in [4.69, 9.17) is 0 Å². The van der Waals surface area contributed by atoms with Gasteiger partial charge in [-0.1, -0.05) is 0 Å². The summed E-state index contributed by atoms with van der Waals surface area (Å²) in [5.41, 5.74) is 0. The van der Waals surface area contributed by atoms with E-state index < -0.39 is 0 Å². The van der Waals surface area contributed by atoms with Gasteiger partial charge in [0.1, 0.15) is 6.54 Å². The summed E-state index contributed by atoms with van der Waals surface area (Å²) in [6.45, 7) is 1.36. The first kappa shape index (κ1) is 13.0. The van der Waals surface area contributed by atoms with Crippen molar-refractivity contribution in [1.29, 1.82) is 0 Å². The highest BCUT2D eigenvalue weighted by Crippen LogP contribution is 2.33. The summed E-state index contributed by atoms with van der Waals surface area (Å²) in [6.07, 6.45) is 0. The lowest BCUT2D eigenvalue weighted by atomic mass is 10.3. The van der Waals surface area contributed by atoms with Crippen molar-refractivity contribution in [3.05, 3.63) is 19.2 Å². The second-order valence-corrected chi connectivity index (χ2v) is 7.00. The topological polar surface area (TPSA) is 40.6 Å². The van der Waals surface area contributed by atoms with Crippen LogP contribution in [0.25, 0.3) is 0 Å². The van der Waals surface area contributed by atoms with E-state index in [0.717, 1.165) is 8.26 Å². The lowest BCUT2D eigenvalue weighted by Gasteiger charge is -2.31. The highest BCUT2D eigenvalue weighted by molar-refractivity contribution is 9.13. The second-order valence-electron chi connectivity index (χ2n) is 3.77. The summed E-state index contributed by atoms with van der Waals surface area (Å²) in [6, 6.07) is 1.78. The molecule has 0 atom stereocenters. The summed E-state index contributed by atoms with van der Waals surface area (Å²) < 4.78 is 1.76. The molecule has 0 spiro atoms. The fraction of sp³-hybridized carbons (Fsp3) is 0.400. The molecule has 1 saturated heterocycles. The van der Waals surface area contributed by atoms with Crippen molar-refractivity contribution < 1.29 is 9.59 Å². The van der Waals surface area contributed by atoms with E-state index in [1.54, 1.807) is 22.9 Å². The normalized spacial score (nSPS) is 16.5. The molecule has 92 valence electrons. The van der Waals surface area contributed by atoms with Crippen molar-refractivity contribution in [2.75, 3.05) is 26.7 Å². The van der Waals surface area contributed by atoms with Gasteiger partial charge >= 0.3 is 0 Å². The fourth-order valence-electron chi connectivity index (χ4n) is 1.54. The van der Waals surface area contributed by atoms with Gasteiger partial charge in [0, 0.05) is 24.6 Å². The smallest absolute Gasteiger partial charge is 0.264 e. The first-order chi connectivity index (χ1) is 7.99. The minimum absolute atomic E-state index is 0.0145. The molecule has 0 bridgehead atoms. The Labute approximate surface area is 120 Å². The molecule has 0 aliphatic carbocycles. The molecule has 1 fully saturated rings. The number of thiophene rings is 1. The first-order valence-corrected chi connectivity index (χ1v) is 7.37. The van der Waals surface area contributed by atoms with Gasteiger partial charge in [-0.25, -0.2) is 0 Å². The minimum Gasteiger partial charge on any atom is -0.342 e. The van der Waals surface area contributed by atoms with Gasteiger partial charge in [-0.3, -0.25) is 9.59 Å². The highest BCUT2D eigenvalue weighted by atomic mass is 79.9. The van der Waals surface area contributed by atoms with Crippen molar-refractivity contribution in [2.45, 2.75) is 0 Å². The molecule has 0 N–H and O–H groups in total. The third kappa shape index (κ3) is 2.71. The number of carbonyl (C=O) groups is 2. The Bertz CT molecular complexity index is 455. The number of hydrogen-bond acceptors (Lipinski definition) is 3. The van der Waals surface area contributed by atoms with E-state index in [1.807, 2.05) is 0 Å². The van der Waals surface area contributed by atoms with Crippen LogP contribution in [0.3, 0.4) is 0 Å². The molecular formula is C10H10Br2N2O2S. The van der Waals surface area contributed by atoms with Gasteiger partial charge in [0.2, 0.25) is 5.91 Å². The van der Waals surface area contributed by atoms with Crippen molar-refractivity contribution in [3.8, 4) is 0 Å². The summed E-state index contributed by atoms with van der Waals surface area (Å²) in [5.74, 6) is -0.0952. The number of amides is 2. The average Bonchev–Trinajstić information content (AvgIpc) is 2.62. The number of rotatable bonds is 1. The molecular weight excluding hydrogens is 372 g/mol. The van der Waals surface area contributed by atoms with Crippen LogP contribution in [-0.4, -0.2) is 48.3 Å². The minimum atomic E-state index is -0.0807. The fourth-order valence-corrected chi connectivity index (χ4v) is 3.54. The monoisotopic (exact) mass is 380 g/mol. The lowest BCUT2D eigenvalue weighted by Crippen LogP contribution is -2.50. The molecule has 0 aromatic carbocycles. The van der Waals surface area contributed by atoms with E-state index in [0.29, 0.717) is 18.0 Å². The van der Waals surface area contributed by atoms with E-state index in [1.165, 1.54) is 11.3 Å². The molecule has 2 amide bonds. The Balaban J connectivity index is 2.13. The molecule has 4 nitrogen and oxygen atoms in total. The predicted molar refractivity (Wildman–Crippen MR) is 73.3 cm³/mol. The molecule has 7 heteroatoms. The molecule has 1 aromatic rings. The van der Waals surface area contributed by atoms with Gasteiger partial charge in [-0.15, -0.1) is 11.3 Å². The van der Waals surface area contributed by atoms with Gasteiger partial charge in [0.15, 0.2) is 0 Å². The number of piperazine rings is 1. The van der Waals surface area contributed by atoms with Crippen molar-refractivity contribution in [2.24, 2.45) is 0 Å². The Hall–Kier alpha value is -0.400. The van der Waals surface area contributed by atoms with Gasteiger partial charge in [-0.2, -0.15) is 0 Å². The Morgan fingerprint density at radius 1 is 1.41 bits per heavy atom. The van der Waals surface area contributed by atoms with Crippen LogP contribution in [0.4, 0.5) is 0 Å². The van der Waals surface area contributed by atoms with Crippen molar-refractivity contribution in [1.82, 2.24) is 9.80 Å². The van der Waals surface area contributed by atoms with Crippen LogP contribution < -0.4 is 0 Å². The van der Waals surface area contributed by atoms with E-state index in [-0.39, 0.29) is 18.4 Å². The van der Waals surface area contributed by atoms with E-state index in [2.05, 4.69) is 31.9 Å². The second kappa shape index (κ2) is 5.07. The molecule has 0 saturated carbocycles. The zero-order valence-electron chi connectivity index (χ0n) is 9.07. The van der Waals surface area contributed by atoms with Crippen LogP contribution in [0.2, 0.25) is 0 Å². The van der Waals surface area contributed by atoms with Crippen LogP contribution in [-0.2, 0) is 4.79 Å². The molecule has 1 aliphatic heterocycles. The van der Waals surface area contributed by atoms with Gasteiger partial charge < -0.3 is 9.80 Å². The predicted octanol–water partition coefficient (Wildman–Crippen LogP) is 2.19. The van der Waals surface area contributed by atoms with Crippen LogP contribution in [0.15, 0.2) is 14.3 Å². The standard InChI is InChI=1S/C10H10Br2N2O2S/c1-13-2-3-14(5-8(13)15)10(16)7-4-6(11)9(12)17-7/h4H,2-3,5H2,1H3. The van der Waals surface area contributed by atoms with Crippen LogP contribution in [0, 0.1) is 0 Å². The van der Waals surface area contributed by atoms with Gasteiger partial charge in [0.05, 0.1) is 8.66 Å². The lowest BCUT2D eigenvalue weighted by molar-refractivity contribution is -0.133. The number of halogens is 2. The molecule has 17 heavy (non-hydrogen) atoms. The van der Waals surface area contributed by atoms with Crippen molar-refractivity contribution >= 4 is 55.0 Å². The maximum absolute atomic E-state index is 12.1. The third-order valence-corrected chi connectivity index (χ3v) is 5.84. The molecule has 0 unspecified atom stereocenters. The number of hydrogen-bond donors (Lipinski definition) is 0. The highest BCUT2D eigenvalue weighted by Gasteiger charge is 2.26.